The standard InChI is InChI=1S/C25H40F2O2/c1-16(15-25(26,27)22(28)29-4)19-10-11-20-18-9-8-17-7-5-6-13-23(17,2)21(18)12-14-24(19,20)3/h16-21H,5-15H2,1-4H3/t16-,17+,18+,19-,20+,21+,23+,24-/m1/s1. The Morgan fingerprint density at radius 1 is 1.00 bits per heavy atom. The van der Waals surface area contributed by atoms with Crippen molar-refractivity contribution in [1.82, 2.24) is 0 Å². The van der Waals surface area contributed by atoms with Crippen molar-refractivity contribution in [1.29, 1.82) is 0 Å². The Balaban J connectivity index is 1.51. The van der Waals surface area contributed by atoms with E-state index in [2.05, 4.69) is 18.6 Å². The summed E-state index contributed by atoms with van der Waals surface area (Å²) in [6, 6.07) is 0. The predicted octanol–water partition coefficient (Wildman–Crippen LogP) is 6.87. The lowest BCUT2D eigenvalue weighted by atomic mass is 9.44. The fourth-order valence-corrected chi connectivity index (χ4v) is 9.05. The van der Waals surface area contributed by atoms with Crippen LogP contribution in [0.5, 0.6) is 0 Å². The molecule has 0 spiro atoms. The second-order valence-corrected chi connectivity index (χ2v) is 11.5. The van der Waals surface area contributed by atoms with Crippen LogP contribution in [0.25, 0.3) is 0 Å². The molecule has 8 atom stereocenters. The van der Waals surface area contributed by atoms with Crippen molar-refractivity contribution in [3.8, 4) is 0 Å². The van der Waals surface area contributed by atoms with Crippen LogP contribution in [0, 0.1) is 46.3 Å². The Hall–Kier alpha value is -0.670. The summed E-state index contributed by atoms with van der Waals surface area (Å²) in [4.78, 5) is 11.5. The number of methoxy groups -OCH3 is 1. The molecule has 0 aromatic rings. The summed E-state index contributed by atoms with van der Waals surface area (Å²) < 4.78 is 33.0. The number of halogens is 2. The van der Waals surface area contributed by atoms with Gasteiger partial charge < -0.3 is 4.74 Å². The fourth-order valence-electron chi connectivity index (χ4n) is 9.05. The lowest BCUT2D eigenvalue weighted by molar-refractivity contribution is -0.172. The molecule has 4 heteroatoms. The van der Waals surface area contributed by atoms with Gasteiger partial charge >= 0.3 is 11.9 Å². The molecule has 0 aromatic heterocycles. The topological polar surface area (TPSA) is 26.3 Å². The van der Waals surface area contributed by atoms with Crippen LogP contribution in [0.1, 0.15) is 91.4 Å². The van der Waals surface area contributed by atoms with Gasteiger partial charge in [-0.1, -0.05) is 33.6 Å². The highest BCUT2D eigenvalue weighted by Gasteiger charge is 2.60. The van der Waals surface area contributed by atoms with Crippen molar-refractivity contribution in [3.63, 3.8) is 0 Å². The minimum Gasteiger partial charge on any atom is -0.465 e. The van der Waals surface area contributed by atoms with Crippen LogP contribution in [-0.2, 0) is 9.53 Å². The Morgan fingerprint density at radius 3 is 2.45 bits per heavy atom. The van der Waals surface area contributed by atoms with Crippen molar-refractivity contribution in [2.75, 3.05) is 7.11 Å². The van der Waals surface area contributed by atoms with Crippen molar-refractivity contribution in [2.24, 2.45) is 46.3 Å². The molecule has 0 N–H and O–H groups in total. The lowest BCUT2D eigenvalue weighted by Crippen LogP contribution is -2.53. The summed E-state index contributed by atoms with van der Waals surface area (Å²) >= 11 is 0. The first-order chi connectivity index (χ1) is 13.6. The molecular weight excluding hydrogens is 370 g/mol. The van der Waals surface area contributed by atoms with Crippen LogP contribution >= 0.6 is 0 Å². The zero-order chi connectivity index (χ0) is 21.0. The minimum atomic E-state index is -3.37. The SMILES string of the molecule is COC(=O)C(F)(F)C[C@@H](C)[C@H]1CC[C@H]2[C@@H]3CC[C@@H]4CCCC[C@]4(C)[C@H]3CC[C@]12C. The molecule has 0 aromatic carbocycles. The van der Waals surface area contributed by atoms with E-state index in [0.717, 1.165) is 31.3 Å². The Labute approximate surface area is 175 Å². The average molecular weight is 411 g/mol. The Kier molecular flexibility index (Phi) is 5.56. The van der Waals surface area contributed by atoms with Crippen LogP contribution in [0.4, 0.5) is 8.78 Å². The molecule has 29 heavy (non-hydrogen) atoms. The van der Waals surface area contributed by atoms with Crippen molar-refractivity contribution >= 4 is 5.97 Å². The molecule has 0 aliphatic heterocycles. The molecule has 4 aliphatic rings. The Morgan fingerprint density at radius 2 is 1.72 bits per heavy atom. The molecular formula is C25H40F2O2. The van der Waals surface area contributed by atoms with Crippen LogP contribution in [0.2, 0.25) is 0 Å². The minimum absolute atomic E-state index is 0.155. The number of esters is 1. The first-order valence-corrected chi connectivity index (χ1v) is 12.1. The highest BCUT2D eigenvalue weighted by atomic mass is 19.3. The Bertz CT molecular complexity index is 634. The zero-order valence-corrected chi connectivity index (χ0v) is 18.8. The quantitative estimate of drug-likeness (QED) is 0.473. The molecule has 4 saturated carbocycles. The summed E-state index contributed by atoms with van der Waals surface area (Å²) in [6.45, 7) is 6.93. The van der Waals surface area contributed by atoms with E-state index in [-0.39, 0.29) is 17.8 Å². The van der Waals surface area contributed by atoms with Gasteiger partial charge in [-0.2, -0.15) is 8.78 Å². The number of fused-ring (bicyclic) bond motifs is 5. The maximum absolute atomic E-state index is 14.3. The van der Waals surface area contributed by atoms with Crippen LogP contribution < -0.4 is 0 Å². The van der Waals surface area contributed by atoms with Gasteiger partial charge in [0.05, 0.1) is 7.11 Å². The van der Waals surface area contributed by atoms with Gasteiger partial charge in [0.15, 0.2) is 0 Å². The van der Waals surface area contributed by atoms with E-state index < -0.39 is 11.9 Å². The summed E-state index contributed by atoms with van der Waals surface area (Å²) in [7, 11) is 1.05. The molecule has 4 fully saturated rings. The van der Waals surface area contributed by atoms with E-state index in [1.807, 2.05) is 6.92 Å². The third-order valence-electron chi connectivity index (χ3n) is 10.4. The molecule has 0 saturated heterocycles. The van der Waals surface area contributed by atoms with Crippen LogP contribution in [0.3, 0.4) is 0 Å². The van der Waals surface area contributed by atoms with Gasteiger partial charge in [-0.15, -0.1) is 0 Å². The number of rotatable bonds is 4. The van der Waals surface area contributed by atoms with E-state index in [1.54, 1.807) is 0 Å². The third-order valence-corrected chi connectivity index (χ3v) is 10.4. The second kappa shape index (κ2) is 7.48. The first-order valence-electron chi connectivity index (χ1n) is 12.1. The van der Waals surface area contributed by atoms with E-state index in [4.69, 9.17) is 0 Å². The maximum Gasteiger partial charge on any atom is 0.376 e. The second-order valence-electron chi connectivity index (χ2n) is 11.5. The van der Waals surface area contributed by atoms with Gasteiger partial charge in [0.25, 0.3) is 0 Å². The largest absolute Gasteiger partial charge is 0.465 e. The van der Waals surface area contributed by atoms with Crippen molar-refractivity contribution < 1.29 is 18.3 Å². The number of ether oxygens (including phenoxy) is 1. The van der Waals surface area contributed by atoms with E-state index in [9.17, 15) is 13.6 Å². The molecule has 2 nitrogen and oxygen atoms in total. The van der Waals surface area contributed by atoms with E-state index in [0.29, 0.717) is 17.3 Å². The molecule has 0 amide bonds. The maximum atomic E-state index is 14.3. The van der Waals surface area contributed by atoms with Gasteiger partial charge in [0.2, 0.25) is 0 Å². The number of hydrogen-bond donors (Lipinski definition) is 0. The van der Waals surface area contributed by atoms with Crippen LogP contribution in [-0.4, -0.2) is 19.0 Å². The first kappa shape index (κ1) is 21.6. The highest BCUT2D eigenvalue weighted by Crippen LogP contribution is 2.68. The molecule has 166 valence electrons. The molecule has 4 aliphatic carbocycles. The smallest absolute Gasteiger partial charge is 0.376 e. The van der Waals surface area contributed by atoms with Gasteiger partial charge in [0, 0.05) is 6.42 Å². The van der Waals surface area contributed by atoms with Gasteiger partial charge in [0.1, 0.15) is 0 Å². The van der Waals surface area contributed by atoms with Gasteiger partial charge in [-0.05, 0) is 97.7 Å². The summed E-state index contributed by atoms with van der Waals surface area (Å²) in [5, 5.41) is 0. The van der Waals surface area contributed by atoms with E-state index >= 15 is 0 Å². The number of hydrogen-bond acceptors (Lipinski definition) is 2. The third kappa shape index (κ3) is 3.35. The summed E-state index contributed by atoms with van der Waals surface area (Å²) in [6.07, 6.45) is 12.7. The average Bonchev–Trinajstić information content (AvgIpc) is 3.03. The van der Waals surface area contributed by atoms with Crippen molar-refractivity contribution in [2.45, 2.75) is 97.3 Å². The van der Waals surface area contributed by atoms with Gasteiger partial charge in [-0.25, -0.2) is 4.79 Å². The van der Waals surface area contributed by atoms with Gasteiger partial charge in [-0.3, -0.25) is 0 Å². The summed E-state index contributed by atoms with van der Waals surface area (Å²) in [5.74, 6) is -1.39. The molecule has 4 rings (SSSR count). The number of carbonyl (C=O) groups is 1. The van der Waals surface area contributed by atoms with Crippen molar-refractivity contribution in [3.05, 3.63) is 0 Å². The number of carbonyl (C=O) groups excluding carboxylic acids is 1. The van der Waals surface area contributed by atoms with E-state index in [1.165, 1.54) is 57.8 Å². The summed E-state index contributed by atoms with van der Waals surface area (Å²) in [5.41, 5.74) is 0.675. The molecule has 0 radical (unpaired) electrons. The molecule has 0 heterocycles. The van der Waals surface area contributed by atoms with Crippen LogP contribution in [0.15, 0.2) is 0 Å². The fraction of sp³-hybridized carbons (Fsp3) is 0.960. The highest BCUT2D eigenvalue weighted by molar-refractivity contribution is 5.77. The number of alkyl halides is 2. The monoisotopic (exact) mass is 410 g/mol. The lowest BCUT2D eigenvalue weighted by Gasteiger charge is -2.61. The normalized spacial score (nSPS) is 45.7. The predicted molar refractivity (Wildman–Crippen MR) is 111 cm³/mol. The molecule has 0 bridgehead atoms. The zero-order valence-electron chi connectivity index (χ0n) is 18.8. The molecule has 0 unspecified atom stereocenters.